The van der Waals surface area contributed by atoms with Gasteiger partial charge in [-0.25, -0.2) is 4.72 Å². The number of nitrogens with one attached hydrogen (secondary N) is 1. The van der Waals surface area contributed by atoms with Gasteiger partial charge in [0.15, 0.2) is 11.7 Å². The lowest BCUT2D eigenvalue weighted by atomic mass is 10.2. The van der Waals surface area contributed by atoms with E-state index < -0.39 is 10.2 Å². The SMILES string of the molecule is CN(C)Cc1cccc(C/C=C(/O)CN=C2NS(=O)(=O)N=C2N)n1. The summed E-state index contributed by atoms with van der Waals surface area (Å²) in [5.41, 5.74) is 7.18. The third-order valence-electron chi connectivity index (χ3n) is 2.98. The normalized spacial score (nSPS) is 18.7. The van der Waals surface area contributed by atoms with Crippen molar-refractivity contribution in [3.8, 4) is 0 Å². The van der Waals surface area contributed by atoms with E-state index in [0.29, 0.717) is 6.42 Å². The molecular weight excluding hydrogens is 332 g/mol. The number of amidine groups is 2. The van der Waals surface area contributed by atoms with E-state index in [1.54, 1.807) is 6.08 Å². The number of aliphatic hydroxyl groups excluding tert-OH is 1. The zero-order valence-electron chi connectivity index (χ0n) is 13.5. The Bertz CT molecular complexity index is 798. The molecule has 0 fully saturated rings. The van der Waals surface area contributed by atoms with E-state index in [0.717, 1.165) is 17.9 Å². The third kappa shape index (κ3) is 5.32. The van der Waals surface area contributed by atoms with Crippen molar-refractivity contribution in [2.45, 2.75) is 13.0 Å². The molecule has 0 radical (unpaired) electrons. The molecule has 0 aromatic carbocycles. The Morgan fingerprint density at radius 1 is 1.42 bits per heavy atom. The van der Waals surface area contributed by atoms with E-state index in [-0.39, 0.29) is 24.0 Å². The van der Waals surface area contributed by atoms with Gasteiger partial charge in [0.25, 0.3) is 0 Å². The molecule has 4 N–H and O–H groups in total. The van der Waals surface area contributed by atoms with E-state index >= 15 is 0 Å². The molecule has 0 spiro atoms. The summed E-state index contributed by atoms with van der Waals surface area (Å²) in [5.74, 6) is -0.303. The second kappa shape index (κ2) is 7.41. The second-order valence-corrected chi connectivity index (χ2v) is 6.81. The summed E-state index contributed by atoms with van der Waals surface area (Å²) >= 11 is 0. The molecule has 130 valence electrons. The van der Waals surface area contributed by atoms with Crippen molar-refractivity contribution >= 4 is 21.9 Å². The fraction of sp³-hybridized carbons (Fsp3) is 0.357. The molecule has 0 bridgehead atoms. The van der Waals surface area contributed by atoms with Gasteiger partial charge in [0, 0.05) is 18.7 Å². The Hall–Kier alpha value is -2.46. The molecule has 0 atom stereocenters. The van der Waals surface area contributed by atoms with Crippen LogP contribution in [0.2, 0.25) is 0 Å². The van der Waals surface area contributed by atoms with Crippen molar-refractivity contribution in [2.75, 3.05) is 20.6 Å². The van der Waals surface area contributed by atoms with Gasteiger partial charge < -0.3 is 15.7 Å². The van der Waals surface area contributed by atoms with E-state index in [1.165, 1.54) is 0 Å². The van der Waals surface area contributed by atoms with Crippen molar-refractivity contribution in [3.63, 3.8) is 0 Å². The molecule has 0 saturated carbocycles. The standard InChI is InChI=1S/C14H20N6O3S/c1-20(2)9-11-5-3-4-10(17-11)6-7-12(21)8-16-14-13(15)18-24(22,23)19-14/h3-5,7,21H,6,8-9H2,1-2H3,(H2,15,18)(H,16,19)/b12-7+. The molecule has 1 aliphatic rings. The maximum atomic E-state index is 11.2. The Morgan fingerprint density at radius 3 is 2.75 bits per heavy atom. The minimum Gasteiger partial charge on any atom is -0.511 e. The number of aliphatic hydroxyl groups is 1. The number of rotatable bonds is 6. The second-order valence-electron chi connectivity index (χ2n) is 5.48. The maximum absolute atomic E-state index is 11.2. The summed E-state index contributed by atoms with van der Waals surface area (Å²) in [4.78, 5) is 10.4. The average molecular weight is 352 g/mol. The molecule has 0 amide bonds. The van der Waals surface area contributed by atoms with E-state index in [1.807, 2.05) is 37.2 Å². The van der Waals surface area contributed by atoms with Gasteiger partial charge in [-0.15, -0.1) is 4.40 Å². The molecular formula is C14H20N6O3S. The molecule has 0 aliphatic carbocycles. The Labute approximate surface area is 140 Å². The lowest BCUT2D eigenvalue weighted by Gasteiger charge is -2.09. The molecule has 1 aliphatic heterocycles. The molecule has 9 nitrogen and oxygen atoms in total. The van der Waals surface area contributed by atoms with Crippen LogP contribution in [-0.2, 0) is 23.2 Å². The fourth-order valence-electron chi connectivity index (χ4n) is 1.99. The van der Waals surface area contributed by atoms with Crippen LogP contribution in [0.1, 0.15) is 11.4 Å². The largest absolute Gasteiger partial charge is 0.511 e. The van der Waals surface area contributed by atoms with Crippen LogP contribution >= 0.6 is 0 Å². The van der Waals surface area contributed by atoms with E-state index in [2.05, 4.69) is 19.1 Å². The van der Waals surface area contributed by atoms with Crippen LogP contribution in [0.15, 0.2) is 39.4 Å². The van der Waals surface area contributed by atoms with Gasteiger partial charge in [0.1, 0.15) is 5.76 Å². The highest BCUT2D eigenvalue weighted by atomic mass is 32.2. The highest BCUT2D eigenvalue weighted by molar-refractivity contribution is 7.89. The molecule has 0 saturated heterocycles. The monoisotopic (exact) mass is 352 g/mol. The van der Waals surface area contributed by atoms with Crippen LogP contribution in [0.25, 0.3) is 0 Å². The van der Waals surface area contributed by atoms with Crippen LogP contribution in [0, 0.1) is 0 Å². The molecule has 24 heavy (non-hydrogen) atoms. The third-order valence-corrected chi connectivity index (χ3v) is 3.86. The van der Waals surface area contributed by atoms with Crippen molar-refractivity contribution in [2.24, 2.45) is 15.1 Å². The Morgan fingerprint density at radius 2 is 2.12 bits per heavy atom. The van der Waals surface area contributed by atoms with E-state index in [4.69, 9.17) is 5.73 Å². The first kappa shape index (κ1) is 17.9. The van der Waals surface area contributed by atoms with Crippen LogP contribution in [0.4, 0.5) is 0 Å². The van der Waals surface area contributed by atoms with Crippen LogP contribution in [0.5, 0.6) is 0 Å². The first-order valence-corrected chi connectivity index (χ1v) is 8.60. The number of hydrogen-bond donors (Lipinski definition) is 3. The fourth-order valence-corrected chi connectivity index (χ4v) is 2.79. The highest BCUT2D eigenvalue weighted by Gasteiger charge is 2.23. The zero-order chi connectivity index (χ0) is 17.7. The Balaban J connectivity index is 1.96. The average Bonchev–Trinajstić information content (AvgIpc) is 2.75. The van der Waals surface area contributed by atoms with Gasteiger partial charge >= 0.3 is 10.2 Å². The minimum atomic E-state index is -3.80. The number of nitrogens with two attached hydrogens (primary N) is 1. The van der Waals surface area contributed by atoms with Crippen LogP contribution in [-0.4, -0.2) is 55.7 Å². The van der Waals surface area contributed by atoms with Crippen molar-refractivity contribution in [1.82, 2.24) is 14.6 Å². The predicted molar refractivity (Wildman–Crippen MR) is 92.0 cm³/mol. The van der Waals surface area contributed by atoms with Crippen LogP contribution < -0.4 is 10.5 Å². The summed E-state index contributed by atoms with van der Waals surface area (Å²) < 4.78 is 27.6. The smallest absolute Gasteiger partial charge is 0.345 e. The Kier molecular flexibility index (Phi) is 5.52. The number of nitrogens with zero attached hydrogens (tertiary/aromatic N) is 4. The minimum absolute atomic E-state index is 0.0128. The van der Waals surface area contributed by atoms with E-state index in [9.17, 15) is 13.5 Å². The molecule has 2 rings (SSSR count). The van der Waals surface area contributed by atoms with Gasteiger partial charge in [-0.05, 0) is 32.3 Å². The number of pyridine rings is 1. The lowest BCUT2D eigenvalue weighted by Crippen LogP contribution is -2.31. The number of aromatic nitrogens is 1. The zero-order valence-corrected chi connectivity index (χ0v) is 14.3. The summed E-state index contributed by atoms with van der Waals surface area (Å²) in [6.07, 6.45) is 2.01. The van der Waals surface area contributed by atoms with Gasteiger partial charge in [-0.2, -0.15) is 8.42 Å². The van der Waals surface area contributed by atoms with Crippen LogP contribution in [0.3, 0.4) is 0 Å². The number of allylic oxidation sites excluding steroid dienone is 1. The van der Waals surface area contributed by atoms with Gasteiger partial charge in [0.05, 0.1) is 12.2 Å². The summed E-state index contributed by atoms with van der Waals surface area (Å²) in [6, 6.07) is 5.72. The van der Waals surface area contributed by atoms with Gasteiger partial charge in [-0.1, -0.05) is 6.07 Å². The lowest BCUT2D eigenvalue weighted by molar-refractivity contribution is 0.396. The topological polar surface area (TPSA) is 133 Å². The predicted octanol–water partition coefficient (Wildman–Crippen LogP) is -0.269. The number of aliphatic imine (C=N–C) groups is 1. The first-order chi connectivity index (χ1) is 11.2. The first-order valence-electron chi connectivity index (χ1n) is 7.16. The quantitative estimate of drug-likeness (QED) is 0.604. The van der Waals surface area contributed by atoms with Gasteiger partial charge in [-0.3, -0.25) is 9.98 Å². The summed E-state index contributed by atoms with van der Waals surface area (Å²) in [7, 11) is 0.132. The van der Waals surface area contributed by atoms with Crippen molar-refractivity contribution in [3.05, 3.63) is 41.4 Å². The molecule has 2 heterocycles. The number of hydrogen-bond acceptors (Lipinski definition) is 7. The maximum Gasteiger partial charge on any atom is 0.345 e. The van der Waals surface area contributed by atoms with Gasteiger partial charge in [0.2, 0.25) is 0 Å². The summed E-state index contributed by atoms with van der Waals surface area (Å²) in [5, 5.41) is 9.86. The summed E-state index contributed by atoms with van der Waals surface area (Å²) in [6.45, 7) is 0.626. The molecule has 10 heteroatoms. The molecule has 0 unspecified atom stereocenters. The molecule has 1 aromatic rings. The highest BCUT2D eigenvalue weighted by Crippen LogP contribution is 2.05. The van der Waals surface area contributed by atoms with Crippen molar-refractivity contribution in [1.29, 1.82) is 0 Å². The molecule has 1 aromatic heterocycles. The van der Waals surface area contributed by atoms with Crippen molar-refractivity contribution < 1.29 is 13.5 Å².